The predicted octanol–water partition coefficient (Wildman–Crippen LogP) is 1.88. The van der Waals surface area contributed by atoms with E-state index in [-0.39, 0.29) is 11.9 Å². The summed E-state index contributed by atoms with van der Waals surface area (Å²) in [6, 6.07) is 0.551. The summed E-state index contributed by atoms with van der Waals surface area (Å²) in [4.78, 5) is 25.0. The van der Waals surface area contributed by atoms with Gasteiger partial charge in [0.1, 0.15) is 0 Å². The van der Waals surface area contributed by atoms with Crippen LogP contribution in [-0.4, -0.2) is 42.5 Å². The summed E-state index contributed by atoms with van der Waals surface area (Å²) in [6.07, 6.45) is 8.33. The summed E-state index contributed by atoms with van der Waals surface area (Å²) in [5.74, 6) is 0.708. The zero-order valence-electron chi connectivity index (χ0n) is 12.5. The zero-order valence-corrected chi connectivity index (χ0v) is 12.5. The third-order valence-corrected chi connectivity index (χ3v) is 4.51. The van der Waals surface area contributed by atoms with Crippen LogP contribution in [0.1, 0.15) is 51.9 Å². The molecule has 2 aliphatic rings. The quantitative estimate of drug-likeness (QED) is 0.756. The largest absolute Gasteiger partial charge is 0.356 e. The van der Waals surface area contributed by atoms with Gasteiger partial charge in [-0.3, -0.25) is 4.79 Å². The molecule has 0 aromatic carbocycles. The second kappa shape index (κ2) is 7.50. The first-order chi connectivity index (χ1) is 9.68. The Morgan fingerprint density at radius 3 is 2.45 bits per heavy atom. The fraction of sp³-hybridized carbons (Fsp3) is 0.867. The van der Waals surface area contributed by atoms with E-state index < -0.39 is 0 Å². The number of urea groups is 1. The van der Waals surface area contributed by atoms with Crippen molar-refractivity contribution in [3.8, 4) is 0 Å². The molecule has 1 aliphatic heterocycles. The van der Waals surface area contributed by atoms with Crippen molar-refractivity contribution in [2.45, 2.75) is 57.9 Å². The van der Waals surface area contributed by atoms with Gasteiger partial charge in [-0.05, 0) is 38.0 Å². The molecular formula is C15H27N3O2. The highest BCUT2D eigenvalue weighted by Gasteiger charge is 2.35. The Morgan fingerprint density at radius 2 is 1.75 bits per heavy atom. The van der Waals surface area contributed by atoms with E-state index in [0.29, 0.717) is 19.1 Å². The minimum atomic E-state index is -0.0165. The van der Waals surface area contributed by atoms with Gasteiger partial charge in [-0.25, -0.2) is 4.79 Å². The number of carbonyl (C=O) groups is 2. The van der Waals surface area contributed by atoms with Crippen molar-refractivity contribution in [2.75, 3.05) is 19.6 Å². The molecule has 2 N–H and O–H groups in total. The molecule has 20 heavy (non-hydrogen) atoms. The van der Waals surface area contributed by atoms with Crippen molar-refractivity contribution in [3.05, 3.63) is 0 Å². The second-order valence-corrected chi connectivity index (χ2v) is 6.02. The summed E-state index contributed by atoms with van der Waals surface area (Å²) in [5.41, 5.74) is 0. The minimum absolute atomic E-state index is 0.0165. The van der Waals surface area contributed by atoms with Gasteiger partial charge in [-0.2, -0.15) is 0 Å². The topological polar surface area (TPSA) is 61.4 Å². The molecular weight excluding hydrogens is 254 g/mol. The van der Waals surface area contributed by atoms with Gasteiger partial charge in [0.2, 0.25) is 5.91 Å². The smallest absolute Gasteiger partial charge is 0.317 e. The Bertz CT molecular complexity index is 340. The molecule has 0 aromatic heterocycles. The van der Waals surface area contributed by atoms with Gasteiger partial charge < -0.3 is 15.5 Å². The molecule has 1 atom stereocenters. The highest BCUT2D eigenvalue weighted by atomic mass is 16.2. The molecule has 5 nitrogen and oxygen atoms in total. The average Bonchev–Trinajstić information content (AvgIpc) is 3.08. The van der Waals surface area contributed by atoms with Crippen LogP contribution in [0.15, 0.2) is 0 Å². The lowest BCUT2D eigenvalue weighted by Gasteiger charge is -2.29. The first-order valence-electron chi connectivity index (χ1n) is 7.97. The molecule has 1 aliphatic carbocycles. The van der Waals surface area contributed by atoms with Crippen molar-refractivity contribution in [1.29, 1.82) is 0 Å². The summed E-state index contributed by atoms with van der Waals surface area (Å²) < 4.78 is 0. The van der Waals surface area contributed by atoms with Crippen LogP contribution >= 0.6 is 0 Å². The molecule has 2 rings (SSSR count). The average molecular weight is 281 g/mol. The number of amides is 3. The standard InChI is InChI=1S/C15H27N3O2/c1-12(19)16-9-5-10-17-15(20)18-11-4-8-14(18)13-6-2-3-7-13/h13-14H,2-11H2,1H3,(H,16,19)(H,17,20)/t14-/m1/s1. The van der Waals surface area contributed by atoms with E-state index in [9.17, 15) is 9.59 Å². The lowest BCUT2D eigenvalue weighted by atomic mass is 9.96. The summed E-state index contributed by atoms with van der Waals surface area (Å²) in [7, 11) is 0. The number of nitrogens with one attached hydrogen (secondary N) is 2. The molecule has 0 aromatic rings. The summed E-state index contributed by atoms with van der Waals surface area (Å²) >= 11 is 0. The molecule has 2 fully saturated rings. The Labute approximate surface area is 121 Å². The van der Waals surface area contributed by atoms with E-state index in [1.807, 2.05) is 4.90 Å². The SMILES string of the molecule is CC(=O)NCCCNC(=O)N1CCC[C@@H]1C1CCCC1. The third-order valence-electron chi connectivity index (χ3n) is 4.51. The lowest BCUT2D eigenvalue weighted by Crippen LogP contribution is -2.45. The van der Waals surface area contributed by atoms with Crippen molar-refractivity contribution in [3.63, 3.8) is 0 Å². The van der Waals surface area contributed by atoms with E-state index >= 15 is 0 Å². The molecule has 0 bridgehead atoms. The van der Waals surface area contributed by atoms with E-state index in [0.717, 1.165) is 25.3 Å². The summed E-state index contributed by atoms with van der Waals surface area (Å²) in [6.45, 7) is 3.67. The highest BCUT2D eigenvalue weighted by Crippen LogP contribution is 2.35. The van der Waals surface area contributed by atoms with Crippen LogP contribution in [0.5, 0.6) is 0 Å². The van der Waals surface area contributed by atoms with E-state index in [4.69, 9.17) is 0 Å². The maximum atomic E-state index is 12.2. The number of nitrogens with zero attached hydrogens (tertiary/aromatic N) is 1. The lowest BCUT2D eigenvalue weighted by molar-refractivity contribution is -0.118. The Morgan fingerprint density at radius 1 is 1.05 bits per heavy atom. The fourth-order valence-corrected chi connectivity index (χ4v) is 3.53. The Balaban J connectivity index is 1.69. The van der Waals surface area contributed by atoms with E-state index in [1.165, 1.54) is 39.0 Å². The van der Waals surface area contributed by atoms with Gasteiger partial charge in [-0.15, -0.1) is 0 Å². The van der Waals surface area contributed by atoms with Gasteiger partial charge in [0, 0.05) is 32.6 Å². The molecule has 1 saturated carbocycles. The van der Waals surface area contributed by atoms with Gasteiger partial charge in [0.05, 0.1) is 0 Å². The van der Waals surface area contributed by atoms with Crippen LogP contribution in [-0.2, 0) is 4.79 Å². The van der Waals surface area contributed by atoms with Gasteiger partial charge in [0.15, 0.2) is 0 Å². The highest BCUT2D eigenvalue weighted by molar-refractivity contribution is 5.75. The number of hydrogen-bond donors (Lipinski definition) is 2. The number of rotatable bonds is 5. The molecule has 0 spiro atoms. The Kier molecular flexibility index (Phi) is 5.68. The van der Waals surface area contributed by atoms with Crippen LogP contribution < -0.4 is 10.6 Å². The van der Waals surface area contributed by atoms with Gasteiger partial charge >= 0.3 is 6.03 Å². The first-order valence-corrected chi connectivity index (χ1v) is 7.97. The monoisotopic (exact) mass is 281 g/mol. The van der Waals surface area contributed by atoms with Crippen molar-refractivity contribution < 1.29 is 9.59 Å². The van der Waals surface area contributed by atoms with E-state index in [2.05, 4.69) is 10.6 Å². The first kappa shape index (κ1) is 15.1. The normalized spacial score (nSPS) is 23.1. The molecule has 3 amide bonds. The van der Waals surface area contributed by atoms with Gasteiger partial charge in [-0.1, -0.05) is 12.8 Å². The van der Waals surface area contributed by atoms with Gasteiger partial charge in [0.25, 0.3) is 0 Å². The third kappa shape index (κ3) is 4.12. The van der Waals surface area contributed by atoms with Crippen molar-refractivity contribution in [2.24, 2.45) is 5.92 Å². The molecule has 0 unspecified atom stereocenters. The Hall–Kier alpha value is -1.26. The second-order valence-electron chi connectivity index (χ2n) is 6.02. The van der Waals surface area contributed by atoms with Crippen LogP contribution in [0.2, 0.25) is 0 Å². The van der Waals surface area contributed by atoms with Crippen LogP contribution in [0.4, 0.5) is 4.79 Å². The molecule has 114 valence electrons. The molecule has 5 heteroatoms. The number of hydrogen-bond acceptors (Lipinski definition) is 2. The van der Waals surface area contributed by atoms with Crippen molar-refractivity contribution in [1.82, 2.24) is 15.5 Å². The zero-order chi connectivity index (χ0) is 14.4. The molecule has 1 saturated heterocycles. The van der Waals surface area contributed by atoms with Crippen molar-refractivity contribution >= 4 is 11.9 Å². The maximum absolute atomic E-state index is 12.2. The molecule has 0 radical (unpaired) electrons. The fourth-order valence-electron chi connectivity index (χ4n) is 3.53. The van der Waals surface area contributed by atoms with Crippen LogP contribution in [0.25, 0.3) is 0 Å². The number of likely N-dealkylation sites (tertiary alicyclic amines) is 1. The van der Waals surface area contributed by atoms with Crippen LogP contribution in [0, 0.1) is 5.92 Å². The molecule has 1 heterocycles. The van der Waals surface area contributed by atoms with Crippen LogP contribution in [0.3, 0.4) is 0 Å². The minimum Gasteiger partial charge on any atom is -0.356 e. The maximum Gasteiger partial charge on any atom is 0.317 e. The summed E-state index contributed by atoms with van der Waals surface area (Å²) in [5, 5.41) is 5.73. The predicted molar refractivity (Wildman–Crippen MR) is 78.4 cm³/mol. The van der Waals surface area contributed by atoms with E-state index in [1.54, 1.807) is 0 Å². The number of carbonyl (C=O) groups excluding carboxylic acids is 2.